The van der Waals surface area contributed by atoms with Crippen LogP contribution >= 0.6 is 0 Å². The molecule has 0 saturated carbocycles. The van der Waals surface area contributed by atoms with Crippen LogP contribution in [0, 0.1) is 0 Å². The molecule has 5 aromatic rings. The minimum atomic E-state index is -4.70. The number of nitrogens with zero attached hydrogens (tertiary/aromatic N) is 4. The van der Waals surface area contributed by atoms with E-state index in [0.717, 1.165) is 18.2 Å². The molecular weight excluding hydrogens is 568 g/mol. The van der Waals surface area contributed by atoms with Crippen molar-refractivity contribution in [2.45, 2.75) is 12.4 Å². The Balaban J connectivity index is 1.39. The highest BCUT2D eigenvalue weighted by molar-refractivity contribution is 6.00. The minimum Gasteiger partial charge on any atom is -0.457 e. The van der Waals surface area contributed by atoms with Gasteiger partial charge in [0.1, 0.15) is 22.9 Å². The lowest BCUT2D eigenvalue weighted by Gasteiger charge is -2.15. The predicted octanol–water partition coefficient (Wildman–Crippen LogP) is 7.06. The smallest absolute Gasteiger partial charge is 0.432 e. The van der Waals surface area contributed by atoms with E-state index in [1.54, 1.807) is 29.8 Å². The average Bonchev–Trinajstić information content (AvgIpc) is 3.54. The molecule has 0 spiro atoms. The number of carbonyl (C=O) groups excluding carboxylic acids is 1. The monoisotopic (exact) mass is 587 g/mol. The van der Waals surface area contributed by atoms with Crippen molar-refractivity contribution in [1.29, 1.82) is 0 Å². The molecule has 0 unspecified atom stereocenters. The number of aromatic nitrogens is 5. The molecule has 1 amide bonds. The largest absolute Gasteiger partial charge is 0.457 e. The van der Waals surface area contributed by atoms with Gasteiger partial charge in [-0.05, 0) is 42.5 Å². The Bertz CT molecular complexity index is 1810. The van der Waals surface area contributed by atoms with Gasteiger partial charge in [0.15, 0.2) is 5.82 Å². The van der Waals surface area contributed by atoms with Gasteiger partial charge in [-0.2, -0.15) is 26.3 Å². The highest BCUT2D eigenvalue weighted by Crippen LogP contribution is 2.37. The van der Waals surface area contributed by atoms with Crippen molar-refractivity contribution in [1.82, 2.24) is 24.5 Å². The number of aromatic amines is 1. The van der Waals surface area contributed by atoms with E-state index in [4.69, 9.17) is 4.74 Å². The second-order valence-corrected chi connectivity index (χ2v) is 8.84. The summed E-state index contributed by atoms with van der Waals surface area (Å²) in [5, 5.41) is 5.11. The van der Waals surface area contributed by atoms with E-state index in [0.29, 0.717) is 23.0 Å². The third kappa shape index (κ3) is 5.89. The summed E-state index contributed by atoms with van der Waals surface area (Å²) in [4.78, 5) is 26.2. The first kappa shape index (κ1) is 28.2. The van der Waals surface area contributed by atoms with Gasteiger partial charge in [-0.25, -0.2) is 9.97 Å². The van der Waals surface area contributed by atoms with Gasteiger partial charge in [-0.3, -0.25) is 9.78 Å². The van der Waals surface area contributed by atoms with Crippen molar-refractivity contribution in [3.63, 3.8) is 0 Å². The van der Waals surface area contributed by atoms with Crippen LogP contribution in [-0.4, -0.2) is 30.4 Å². The maximum Gasteiger partial charge on any atom is 0.432 e. The first-order chi connectivity index (χ1) is 19.8. The zero-order valence-electron chi connectivity index (χ0n) is 21.4. The second kappa shape index (κ2) is 10.6. The first-order valence-electron chi connectivity index (χ1n) is 12.0. The van der Waals surface area contributed by atoms with Crippen LogP contribution in [0.1, 0.15) is 11.3 Å². The fourth-order valence-corrected chi connectivity index (χ4v) is 3.98. The highest BCUT2D eigenvalue weighted by atomic mass is 19.4. The number of hydrogen-bond donors (Lipinski definition) is 3. The van der Waals surface area contributed by atoms with Crippen molar-refractivity contribution in [2.75, 3.05) is 10.6 Å². The lowest BCUT2D eigenvalue weighted by molar-refractivity contribution is -0.141. The van der Waals surface area contributed by atoms with E-state index >= 15 is 0 Å². The van der Waals surface area contributed by atoms with Gasteiger partial charge in [-0.15, -0.1) is 0 Å². The van der Waals surface area contributed by atoms with Gasteiger partial charge in [0, 0.05) is 31.1 Å². The van der Waals surface area contributed by atoms with E-state index in [1.807, 2.05) is 0 Å². The van der Waals surface area contributed by atoms with Gasteiger partial charge in [0.2, 0.25) is 11.9 Å². The molecule has 0 atom stereocenters. The molecule has 9 nitrogen and oxygen atoms in total. The van der Waals surface area contributed by atoms with Crippen LogP contribution < -0.4 is 15.4 Å². The molecule has 3 heterocycles. The van der Waals surface area contributed by atoms with Gasteiger partial charge in [0.25, 0.3) is 0 Å². The maximum absolute atomic E-state index is 13.4. The number of anilines is 3. The molecule has 0 radical (unpaired) electrons. The van der Waals surface area contributed by atoms with Gasteiger partial charge >= 0.3 is 12.4 Å². The molecule has 0 aliphatic heterocycles. The topological polar surface area (TPSA) is 110 Å². The normalized spacial score (nSPS) is 11.9. The Hall–Kier alpha value is -5.34. The molecule has 216 valence electrons. The number of ether oxygens (including phenoxy) is 1. The summed E-state index contributed by atoms with van der Waals surface area (Å²) in [6.07, 6.45) is -6.39. The van der Waals surface area contributed by atoms with E-state index in [1.165, 1.54) is 24.4 Å². The number of carbonyl (C=O) groups is 1. The number of amides is 1. The van der Waals surface area contributed by atoms with E-state index < -0.39 is 35.2 Å². The van der Waals surface area contributed by atoms with E-state index in [9.17, 15) is 31.1 Å². The summed E-state index contributed by atoms with van der Waals surface area (Å²) in [7, 11) is 1.69. The molecule has 0 aliphatic rings. The molecule has 42 heavy (non-hydrogen) atoms. The lowest BCUT2D eigenvalue weighted by atomic mass is 10.1. The summed E-state index contributed by atoms with van der Waals surface area (Å²) in [6, 6.07) is 11.1. The van der Waals surface area contributed by atoms with E-state index in [-0.39, 0.29) is 28.9 Å². The SMILES string of the molecule is C=CC(=O)Nc1cc(Nc2nc3cc(Oc4ccnc(-c5ncc(C(F)(F)F)[nH]5)c4)ccc3n2C)ccc1C(F)(F)F. The summed E-state index contributed by atoms with van der Waals surface area (Å²) >= 11 is 0. The number of H-pyrrole nitrogens is 1. The summed E-state index contributed by atoms with van der Waals surface area (Å²) in [5.74, 6) is 0.0251. The Labute approximate surface area is 232 Å². The van der Waals surface area contributed by atoms with Crippen LogP contribution in [0.25, 0.3) is 22.6 Å². The molecule has 3 aromatic heterocycles. The number of halogens is 6. The molecule has 0 fully saturated rings. The number of pyridine rings is 1. The standard InChI is InChI=1S/C27H19F6N7O2/c1-3-23(41)37-18-10-14(4-6-17(18)26(28,29)30)36-25-38-19-11-15(5-7-21(19)40(25)2)42-16-8-9-34-20(12-16)24-35-13-22(39-24)27(31,32)33/h3-13H,1H2,2H3,(H,35,39)(H,36,38)(H,37,41). The fourth-order valence-electron chi connectivity index (χ4n) is 3.98. The van der Waals surface area contributed by atoms with Gasteiger partial charge in [0.05, 0.1) is 28.5 Å². The Morgan fingerprint density at radius 2 is 1.76 bits per heavy atom. The van der Waals surface area contributed by atoms with Crippen molar-refractivity contribution in [3.8, 4) is 23.0 Å². The van der Waals surface area contributed by atoms with Crippen LogP contribution in [0.4, 0.5) is 43.7 Å². The average molecular weight is 587 g/mol. The Kier molecular flexibility index (Phi) is 7.10. The Morgan fingerprint density at radius 1 is 1.00 bits per heavy atom. The molecule has 5 rings (SSSR count). The van der Waals surface area contributed by atoms with E-state index in [2.05, 4.69) is 37.1 Å². The Morgan fingerprint density at radius 3 is 2.45 bits per heavy atom. The number of fused-ring (bicyclic) bond motifs is 1. The quantitative estimate of drug-likeness (QED) is 0.139. The molecule has 0 saturated heterocycles. The highest BCUT2D eigenvalue weighted by Gasteiger charge is 2.34. The second-order valence-electron chi connectivity index (χ2n) is 8.84. The van der Waals surface area contributed by atoms with Crippen LogP contribution in [0.2, 0.25) is 0 Å². The lowest BCUT2D eigenvalue weighted by Crippen LogP contribution is -2.15. The number of rotatable bonds is 7. The zero-order chi connectivity index (χ0) is 30.2. The minimum absolute atomic E-state index is 0.0841. The van der Waals surface area contributed by atoms with Crippen molar-refractivity contribution < 1.29 is 35.9 Å². The van der Waals surface area contributed by atoms with Crippen molar-refractivity contribution >= 4 is 34.3 Å². The predicted molar refractivity (Wildman–Crippen MR) is 141 cm³/mol. The number of imidazole rings is 2. The van der Waals surface area contributed by atoms with Crippen LogP contribution in [0.5, 0.6) is 11.5 Å². The van der Waals surface area contributed by atoms with Gasteiger partial charge in [-0.1, -0.05) is 6.58 Å². The molecule has 15 heteroatoms. The molecule has 0 aliphatic carbocycles. The molecule has 3 N–H and O–H groups in total. The van der Waals surface area contributed by atoms with Crippen LogP contribution in [-0.2, 0) is 24.2 Å². The number of nitrogens with one attached hydrogen (secondary N) is 3. The third-order valence-electron chi connectivity index (χ3n) is 5.97. The first-order valence-corrected chi connectivity index (χ1v) is 12.0. The summed E-state index contributed by atoms with van der Waals surface area (Å²) in [5.41, 5.74) is -0.997. The fraction of sp³-hybridized carbons (Fsp3) is 0.111. The third-order valence-corrected chi connectivity index (χ3v) is 5.97. The number of benzene rings is 2. The molecule has 0 bridgehead atoms. The van der Waals surface area contributed by atoms with Crippen LogP contribution in [0.3, 0.4) is 0 Å². The molecule has 2 aromatic carbocycles. The van der Waals surface area contributed by atoms with Crippen molar-refractivity contribution in [2.24, 2.45) is 7.05 Å². The number of aryl methyl sites for hydroxylation is 1. The maximum atomic E-state index is 13.4. The summed E-state index contributed by atoms with van der Waals surface area (Å²) < 4.78 is 86.6. The zero-order valence-corrected chi connectivity index (χ0v) is 21.4. The number of hydrogen-bond acceptors (Lipinski definition) is 6. The van der Waals surface area contributed by atoms with Crippen molar-refractivity contribution in [3.05, 3.63) is 84.8 Å². The number of alkyl halides is 6. The molecular formula is C27H19F6N7O2. The van der Waals surface area contributed by atoms with Gasteiger partial charge < -0.3 is 24.9 Å². The van der Waals surface area contributed by atoms with Crippen LogP contribution in [0.15, 0.2) is 73.6 Å². The summed E-state index contributed by atoms with van der Waals surface area (Å²) in [6.45, 7) is 3.26.